The number of hydrogen-bond donors (Lipinski definition) is 0. The zero-order valence-corrected chi connectivity index (χ0v) is 17.4. The zero-order valence-electron chi connectivity index (χ0n) is 16.6. The predicted octanol–water partition coefficient (Wildman–Crippen LogP) is 4.15. The summed E-state index contributed by atoms with van der Waals surface area (Å²) in [5, 5.41) is 0.695. The average Bonchev–Trinajstić information content (AvgIpc) is 3.43. The van der Waals surface area contributed by atoms with Crippen molar-refractivity contribution in [2.75, 3.05) is 26.2 Å². The number of amides is 2. The molecule has 0 unspecified atom stereocenters. The van der Waals surface area contributed by atoms with Gasteiger partial charge in [-0.05, 0) is 25.0 Å². The summed E-state index contributed by atoms with van der Waals surface area (Å²) in [5.41, 5.74) is 1.60. The molecule has 1 aromatic carbocycles. The highest BCUT2D eigenvalue weighted by Gasteiger charge is 2.33. The Morgan fingerprint density at radius 2 is 1.70 bits per heavy atom. The van der Waals surface area contributed by atoms with Crippen LogP contribution in [0.5, 0.6) is 0 Å². The van der Waals surface area contributed by atoms with E-state index in [4.69, 9.17) is 9.40 Å². The molecule has 2 fully saturated rings. The van der Waals surface area contributed by atoms with Crippen LogP contribution in [0.15, 0.2) is 53.1 Å². The topological polar surface area (TPSA) is 66.7 Å². The van der Waals surface area contributed by atoms with E-state index in [9.17, 15) is 9.59 Å². The van der Waals surface area contributed by atoms with Crippen molar-refractivity contribution in [2.24, 2.45) is 5.92 Å². The van der Waals surface area contributed by atoms with E-state index in [-0.39, 0.29) is 17.7 Å². The molecule has 154 valence electrons. The number of carbonyl (C=O) groups is 2. The van der Waals surface area contributed by atoms with Gasteiger partial charge in [-0.25, -0.2) is 4.98 Å². The number of benzene rings is 1. The molecule has 2 amide bonds. The quantitative estimate of drug-likeness (QED) is 0.635. The van der Waals surface area contributed by atoms with Gasteiger partial charge in [-0.3, -0.25) is 9.59 Å². The standard InChI is InChI=1S/C23H23N3O3S/c27-22(17-8-4-9-17)25-11-13-26(14-12-25)23(28)20-19(16-6-2-1-3-7-16)24-21(30-20)18-10-5-15-29-18/h1-3,5-7,10,15,17H,4,8-9,11-14H2. The summed E-state index contributed by atoms with van der Waals surface area (Å²) in [7, 11) is 0. The molecule has 2 aliphatic rings. The fourth-order valence-electron chi connectivity index (χ4n) is 3.95. The van der Waals surface area contributed by atoms with Crippen LogP contribution in [0.3, 0.4) is 0 Å². The van der Waals surface area contributed by atoms with Crippen LogP contribution in [0, 0.1) is 5.92 Å². The molecule has 2 aromatic heterocycles. The maximum atomic E-state index is 13.4. The maximum absolute atomic E-state index is 13.4. The Morgan fingerprint density at radius 3 is 2.33 bits per heavy atom. The molecule has 0 atom stereocenters. The lowest BCUT2D eigenvalue weighted by molar-refractivity contribution is -0.139. The molecule has 5 rings (SSSR count). The summed E-state index contributed by atoms with van der Waals surface area (Å²) in [4.78, 5) is 35.0. The first-order valence-electron chi connectivity index (χ1n) is 10.4. The molecular formula is C23H23N3O3S. The maximum Gasteiger partial charge on any atom is 0.266 e. The largest absolute Gasteiger partial charge is 0.462 e. The molecule has 6 nitrogen and oxygen atoms in total. The van der Waals surface area contributed by atoms with Crippen molar-refractivity contribution in [2.45, 2.75) is 19.3 Å². The minimum atomic E-state index is -0.0279. The number of piperazine rings is 1. The van der Waals surface area contributed by atoms with E-state index in [0.29, 0.717) is 47.5 Å². The third kappa shape index (κ3) is 3.54. The lowest BCUT2D eigenvalue weighted by Gasteiger charge is -2.38. The van der Waals surface area contributed by atoms with Crippen molar-refractivity contribution < 1.29 is 14.0 Å². The Balaban J connectivity index is 1.38. The number of hydrogen-bond acceptors (Lipinski definition) is 5. The molecule has 3 aromatic rings. The Kier molecular flexibility index (Phi) is 5.12. The van der Waals surface area contributed by atoms with Crippen LogP contribution in [0.2, 0.25) is 0 Å². The lowest BCUT2D eigenvalue weighted by atomic mass is 9.84. The summed E-state index contributed by atoms with van der Waals surface area (Å²) in [6, 6.07) is 13.4. The fourth-order valence-corrected chi connectivity index (χ4v) is 4.97. The van der Waals surface area contributed by atoms with Crippen LogP contribution in [0.25, 0.3) is 22.0 Å². The highest BCUT2D eigenvalue weighted by molar-refractivity contribution is 7.17. The third-order valence-corrected chi connectivity index (χ3v) is 6.99. The summed E-state index contributed by atoms with van der Waals surface area (Å²) >= 11 is 1.36. The lowest BCUT2D eigenvalue weighted by Crippen LogP contribution is -2.52. The highest BCUT2D eigenvalue weighted by Crippen LogP contribution is 2.35. The summed E-state index contributed by atoms with van der Waals surface area (Å²) in [6.07, 6.45) is 4.78. The van der Waals surface area contributed by atoms with Crippen LogP contribution < -0.4 is 0 Å². The number of furan rings is 1. The Labute approximate surface area is 179 Å². The number of aromatic nitrogens is 1. The van der Waals surface area contributed by atoms with E-state index in [1.165, 1.54) is 11.3 Å². The molecule has 0 radical (unpaired) electrons. The van der Waals surface area contributed by atoms with Crippen LogP contribution in [0.1, 0.15) is 28.9 Å². The van der Waals surface area contributed by atoms with Gasteiger partial charge in [0.05, 0.1) is 12.0 Å². The van der Waals surface area contributed by atoms with E-state index < -0.39 is 0 Å². The molecule has 0 spiro atoms. The second-order valence-electron chi connectivity index (χ2n) is 7.79. The van der Waals surface area contributed by atoms with Gasteiger partial charge < -0.3 is 14.2 Å². The molecule has 1 saturated heterocycles. The monoisotopic (exact) mass is 421 g/mol. The van der Waals surface area contributed by atoms with Crippen molar-refractivity contribution >= 4 is 23.2 Å². The number of thiazole rings is 1. The minimum Gasteiger partial charge on any atom is -0.462 e. The van der Waals surface area contributed by atoms with Crippen molar-refractivity contribution in [3.05, 3.63) is 53.6 Å². The summed E-state index contributed by atoms with van der Waals surface area (Å²) < 4.78 is 5.51. The van der Waals surface area contributed by atoms with E-state index in [0.717, 1.165) is 24.8 Å². The van der Waals surface area contributed by atoms with Gasteiger partial charge in [0, 0.05) is 37.7 Å². The van der Waals surface area contributed by atoms with Gasteiger partial charge in [0.1, 0.15) is 4.88 Å². The first-order chi connectivity index (χ1) is 14.7. The van der Waals surface area contributed by atoms with Crippen molar-refractivity contribution in [1.29, 1.82) is 0 Å². The van der Waals surface area contributed by atoms with Gasteiger partial charge in [0.25, 0.3) is 5.91 Å². The Morgan fingerprint density at radius 1 is 0.967 bits per heavy atom. The van der Waals surface area contributed by atoms with Crippen LogP contribution >= 0.6 is 11.3 Å². The minimum absolute atomic E-state index is 0.0279. The molecule has 3 heterocycles. The van der Waals surface area contributed by atoms with Gasteiger partial charge in [0.15, 0.2) is 10.8 Å². The second-order valence-corrected chi connectivity index (χ2v) is 8.78. The van der Waals surface area contributed by atoms with Crippen molar-refractivity contribution in [3.63, 3.8) is 0 Å². The Hall–Kier alpha value is -2.93. The first-order valence-corrected chi connectivity index (χ1v) is 11.2. The van der Waals surface area contributed by atoms with E-state index >= 15 is 0 Å². The zero-order chi connectivity index (χ0) is 20.5. The number of nitrogens with zero attached hydrogens (tertiary/aromatic N) is 3. The third-order valence-electron chi connectivity index (χ3n) is 5.93. The van der Waals surface area contributed by atoms with E-state index in [1.54, 1.807) is 6.26 Å². The van der Waals surface area contributed by atoms with Gasteiger partial charge in [-0.1, -0.05) is 36.8 Å². The second kappa shape index (κ2) is 8.07. The Bertz CT molecular complexity index is 1030. The smallest absolute Gasteiger partial charge is 0.266 e. The molecule has 0 N–H and O–H groups in total. The molecular weight excluding hydrogens is 398 g/mol. The van der Waals surface area contributed by atoms with Gasteiger partial charge in [-0.2, -0.15) is 0 Å². The molecule has 1 aliphatic carbocycles. The molecule has 1 aliphatic heterocycles. The SMILES string of the molecule is O=C(c1sc(-c2ccco2)nc1-c1ccccc1)N1CCN(C(=O)C2CCC2)CC1. The van der Waals surface area contributed by atoms with Crippen molar-refractivity contribution in [3.8, 4) is 22.0 Å². The van der Waals surface area contributed by atoms with Gasteiger partial charge >= 0.3 is 0 Å². The van der Waals surface area contributed by atoms with Crippen molar-refractivity contribution in [1.82, 2.24) is 14.8 Å². The number of rotatable bonds is 4. The summed E-state index contributed by atoms with van der Waals surface area (Å²) in [6.45, 7) is 2.32. The average molecular weight is 422 g/mol. The van der Waals surface area contributed by atoms with E-state index in [1.807, 2.05) is 52.3 Å². The molecule has 0 bridgehead atoms. The van der Waals surface area contributed by atoms with E-state index in [2.05, 4.69) is 0 Å². The van der Waals surface area contributed by atoms with Crippen LogP contribution in [-0.2, 0) is 4.79 Å². The summed E-state index contributed by atoms with van der Waals surface area (Å²) in [5.74, 6) is 1.09. The predicted molar refractivity (Wildman–Crippen MR) is 115 cm³/mol. The van der Waals surface area contributed by atoms with Gasteiger partial charge in [-0.15, -0.1) is 11.3 Å². The van der Waals surface area contributed by atoms with Crippen LogP contribution in [-0.4, -0.2) is 52.8 Å². The van der Waals surface area contributed by atoms with Crippen LogP contribution in [0.4, 0.5) is 0 Å². The number of carbonyl (C=O) groups excluding carboxylic acids is 2. The first kappa shape index (κ1) is 19.1. The van der Waals surface area contributed by atoms with Gasteiger partial charge in [0.2, 0.25) is 5.91 Å². The highest BCUT2D eigenvalue weighted by atomic mass is 32.1. The molecule has 30 heavy (non-hydrogen) atoms. The fraction of sp³-hybridized carbons (Fsp3) is 0.348. The normalized spacial score (nSPS) is 17.1. The molecule has 1 saturated carbocycles. The molecule has 7 heteroatoms.